The van der Waals surface area contributed by atoms with E-state index in [-0.39, 0.29) is 0 Å². The zero-order valence-electron chi connectivity index (χ0n) is 12.8. The molecule has 3 N–H and O–H groups in total. The predicted molar refractivity (Wildman–Crippen MR) is 88.9 cm³/mol. The number of hydrogen-bond donors (Lipinski definition) is 2. The fraction of sp³-hybridized carbons (Fsp3) is 0.412. The van der Waals surface area contributed by atoms with Gasteiger partial charge >= 0.3 is 0 Å². The third-order valence-corrected chi connectivity index (χ3v) is 4.07. The minimum absolute atomic E-state index is 0.493. The Bertz CT molecular complexity index is 612. The molecule has 0 unspecified atom stereocenters. The number of nitrogens with zero attached hydrogens (tertiary/aromatic N) is 3. The average Bonchev–Trinajstić information content (AvgIpc) is 3.09. The van der Waals surface area contributed by atoms with Gasteiger partial charge in [-0.2, -0.15) is 5.10 Å². The first-order valence-corrected chi connectivity index (χ1v) is 7.97. The van der Waals surface area contributed by atoms with Crippen LogP contribution in [0.3, 0.4) is 0 Å². The fourth-order valence-corrected chi connectivity index (χ4v) is 2.90. The maximum Gasteiger partial charge on any atom is 0.189 e. The van der Waals surface area contributed by atoms with E-state index < -0.39 is 0 Å². The summed E-state index contributed by atoms with van der Waals surface area (Å²) in [4.78, 5) is 4.46. The number of nitrogens with two attached hydrogens (primary N) is 1. The second kappa shape index (κ2) is 7.11. The lowest BCUT2D eigenvalue weighted by Crippen LogP contribution is -2.41. The Morgan fingerprint density at radius 1 is 1.27 bits per heavy atom. The highest BCUT2D eigenvalue weighted by Gasteiger charge is 2.13. The Kier molecular flexibility index (Phi) is 4.73. The summed E-state index contributed by atoms with van der Waals surface area (Å²) in [5.74, 6) is 0.552. The molecule has 0 amide bonds. The second-order valence-electron chi connectivity index (χ2n) is 5.80. The van der Waals surface area contributed by atoms with Gasteiger partial charge in [0.15, 0.2) is 5.96 Å². The smallest absolute Gasteiger partial charge is 0.189 e. The highest BCUT2D eigenvalue weighted by molar-refractivity contribution is 5.78. The van der Waals surface area contributed by atoms with E-state index in [1.807, 2.05) is 29.1 Å². The summed E-state index contributed by atoms with van der Waals surface area (Å²) in [5, 5.41) is 7.59. The van der Waals surface area contributed by atoms with E-state index in [4.69, 9.17) is 5.73 Å². The maximum absolute atomic E-state index is 6.01. The van der Waals surface area contributed by atoms with Gasteiger partial charge < -0.3 is 11.1 Å². The van der Waals surface area contributed by atoms with Crippen molar-refractivity contribution in [3.05, 3.63) is 48.3 Å². The van der Waals surface area contributed by atoms with Gasteiger partial charge in [-0.05, 0) is 36.6 Å². The van der Waals surface area contributed by atoms with E-state index in [1.54, 1.807) is 6.20 Å². The van der Waals surface area contributed by atoms with Gasteiger partial charge in [-0.1, -0.05) is 31.4 Å². The molecule has 1 heterocycles. The third-order valence-electron chi connectivity index (χ3n) is 4.07. The summed E-state index contributed by atoms with van der Waals surface area (Å²) < 4.78 is 1.84. The van der Waals surface area contributed by atoms with Crippen molar-refractivity contribution in [3.8, 4) is 5.69 Å². The van der Waals surface area contributed by atoms with E-state index in [1.165, 1.54) is 32.1 Å². The molecule has 1 aromatic carbocycles. The molecular formula is C17H23N5. The Morgan fingerprint density at radius 2 is 2.14 bits per heavy atom. The van der Waals surface area contributed by atoms with Gasteiger partial charge in [-0.3, -0.25) is 0 Å². The van der Waals surface area contributed by atoms with Crippen LogP contribution in [0.15, 0.2) is 47.7 Å². The van der Waals surface area contributed by atoms with Crippen molar-refractivity contribution in [1.82, 2.24) is 15.1 Å². The Hall–Kier alpha value is -2.30. The summed E-state index contributed by atoms with van der Waals surface area (Å²) in [7, 11) is 0. The molecular weight excluding hydrogens is 274 g/mol. The molecule has 0 aliphatic heterocycles. The van der Waals surface area contributed by atoms with E-state index in [9.17, 15) is 0 Å². The van der Waals surface area contributed by atoms with E-state index in [2.05, 4.69) is 27.5 Å². The molecule has 0 bridgehead atoms. The van der Waals surface area contributed by atoms with Gasteiger partial charge in [0, 0.05) is 18.4 Å². The lowest BCUT2D eigenvalue weighted by molar-refractivity contribution is 0.412. The first kappa shape index (κ1) is 14.6. The third kappa shape index (κ3) is 3.87. The summed E-state index contributed by atoms with van der Waals surface area (Å²) in [5.41, 5.74) is 8.17. The monoisotopic (exact) mass is 297 g/mol. The van der Waals surface area contributed by atoms with Crippen molar-refractivity contribution in [2.24, 2.45) is 10.7 Å². The fourth-order valence-electron chi connectivity index (χ4n) is 2.90. The number of hydrogen-bond acceptors (Lipinski definition) is 2. The molecule has 22 heavy (non-hydrogen) atoms. The summed E-state index contributed by atoms with van der Waals surface area (Å²) in [6, 6.07) is 10.6. The molecule has 1 saturated carbocycles. The molecule has 3 rings (SSSR count). The van der Waals surface area contributed by atoms with E-state index >= 15 is 0 Å². The van der Waals surface area contributed by atoms with Crippen LogP contribution >= 0.6 is 0 Å². The highest BCUT2D eigenvalue weighted by atomic mass is 15.3. The molecule has 116 valence electrons. The predicted octanol–water partition coefficient (Wildman–Crippen LogP) is 2.61. The van der Waals surface area contributed by atoms with Crippen molar-refractivity contribution < 1.29 is 0 Å². The van der Waals surface area contributed by atoms with Gasteiger partial charge in [-0.15, -0.1) is 0 Å². The van der Waals surface area contributed by atoms with Crippen LogP contribution in [0.25, 0.3) is 5.69 Å². The van der Waals surface area contributed by atoms with Crippen molar-refractivity contribution in [3.63, 3.8) is 0 Å². The zero-order chi connectivity index (χ0) is 15.2. The first-order chi connectivity index (χ1) is 10.8. The van der Waals surface area contributed by atoms with Gasteiger partial charge in [0.1, 0.15) is 0 Å². The van der Waals surface area contributed by atoms with Crippen molar-refractivity contribution in [2.75, 3.05) is 0 Å². The van der Waals surface area contributed by atoms with Crippen LogP contribution in [0, 0.1) is 0 Å². The van der Waals surface area contributed by atoms with Crippen molar-refractivity contribution in [1.29, 1.82) is 0 Å². The lowest BCUT2D eigenvalue weighted by atomic mass is 9.96. The number of nitrogens with one attached hydrogen (secondary N) is 1. The van der Waals surface area contributed by atoms with E-state index in [0.717, 1.165) is 11.3 Å². The highest BCUT2D eigenvalue weighted by Crippen LogP contribution is 2.17. The number of rotatable bonds is 4. The second-order valence-corrected chi connectivity index (χ2v) is 5.80. The normalized spacial score (nSPS) is 16.6. The van der Waals surface area contributed by atoms with Gasteiger partial charge in [0.25, 0.3) is 0 Å². The lowest BCUT2D eigenvalue weighted by Gasteiger charge is -2.23. The Balaban J connectivity index is 1.60. The van der Waals surface area contributed by atoms with Crippen LogP contribution in [-0.4, -0.2) is 21.8 Å². The molecule has 0 saturated heterocycles. The Morgan fingerprint density at radius 3 is 2.91 bits per heavy atom. The molecule has 1 aromatic heterocycles. The molecule has 5 nitrogen and oxygen atoms in total. The molecule has 0 spiro atoms. The molecule has 1 aliphatic carbocycles. The summed E-state index contributed by atoms with van der Waals surface area (Å²) in [6.45, 7) is 0.584. The SMILES string of the molecule is NC(=NCc1cccc(-n2cccn2)c1)NC1CCCCC1. The number of guanidine groups is 1. The summed E-state index contributed by atoms with van der Waals surface area (Å²) >= 11 is 0. The van der Waals surface area contributed by atoms with Crippen molar-refractivity contribution >= 4 is 5.96 Å². The minimum Gasteiger partial charge on any atom is -0.370 e. The average molecular weight is 297 g/mol. The van der Waals surface area contributed by atoms with Crippen LogP contribution in [-0.2, 0) is 6.54 Å². The van der Waals surface area contributed by atoms with Crippen LogP contribution in [0.5, 0.6) is 0 Å². The van der Waals surface area contributed by atoms with E-state index in [0.29, 0.717) is 18.5 Å². The zero-order valence-corrected chi connectivity index (χ0v) is 12.8. The molecule has 1 fully saturated rings. The van der Waals surface area contributed by atoms with Gasteiger partial charge in [-0.25, -0.2) is 9.67 Å². The molecule has 5 heteroatoms. The van der Waals surface area contributed by atoms with Crippen LogP contribution in [0.4, 0.5) is 0 Å². The van der Waals surface area contributed by atoms with Crippen LogP contribution in [0.2, 0.25) is 0 Å². The minimum atomic E-state index is 0.493. The largest absolute Gasteiger partial charge is 0.370 e. The number of aliphatic imine (C=N–C) groups is 1. The van der Waals surface area contributed by atoms with Crippen molar-refractivity contribution in [2.45, 2.75) is 44.7 Å². The topological polar surface area (TPSA) is 68.2 Å². The molecule has 0 radical (unpaired) electrons. The van der Waals surface area contributed by atoms with Crippen LogP contribution in [0.1, 0.15) is 37.7 Å². The first-order valence-electron chi connectivity index (χ1n) is 7.97. The summed E-state index contributed by atoms with van der Waals surface area (Å²) in [6.07, 6.45) is 10.0. The molecule has 1 aliphatic rings. The maximum atomic E-state index is 6.01. The molecule has 0 atom stereocenters. The quantitative estimate of drug-likeness (QED) is 0.673. The number of aromatic nitrogens is 2. The van der Waals surface area contributed by atoms with Gasteiger partial charge in [0.05, 0.1) is 12.2 Å². The standard InChI is InChI=1S/C17H23N5/c18-17(21-15-7-2-1-3-8-15)19-13-14-6-4-9-16(12-14)22-11-5-10-20-22/h4-6,9-12,15H,1-3,7-8,13H2,(H3,18,19,21). The Labute approximate surface area is 131 Å². The van der Waals surface area contributed by atoms with Crippen LogP contribution < -0.4 is 11.1 Å². The molecule has 2 aromatic rings. The number of benzene rings is 1. The van der Waals surface area contributed by atoms with Gasteiger partial charge in [0.2, 0.25) is 0 Å².